The number of nitrogens with zero attached hydrogens (tertiary/aromatic N) is 5. The Morgan fingerprint density at radius 1 is 0.962 bits per heavy atom. The largest absolute Gasteiger partial charge is 0.287 e. The average Bonchev–Trinajstić information content (AvgIpc) is 3.18. The highest BCUT2D eigenvalue weighted by molar-refractivity contribution is 5.57. The van der Waals surface area contributed by atoms with Crippen molar-refractivity contribution in [3.63, 3.8) is 0 Å². The maximum atomic E-state index is 12.5. The van der Waals surface area contributed by atoms with Gasteiger partial charge in [-0.1, -0.05) is 19.1 Å². The van der Waals surface area contributed by atoms with Crippen LogP contribution in [0.4, 0.5) is 0 Å². The van der Waals surface area contributed by atoms with Crippen molar-refractivity contribution in [1.82, 2.24) is 24.5 Å². The van der Waals surface area contributed by atoms with Gasteiger partial charge < -0.3 is 0 Å². The summed E-state index contributed by atoms with van der Waals surface area (Å²) in [5.41, 5.74) is 3.80. The quantitative estimate of drug-likeness (QED) is 0.571. The molecule has 0 aliphatic heterocycles. The molecule has 3 aromatic heterocycles. The van der Waals surface area contributed by atoms with Crippen molar-refractivity contribution in [2.24, 2.45) is 0 Å². The normalized spacial score (nSPS) is 10.8. The molecule has 6 heteroatoms. The summed E-state index contributed by atoms with van der Waals surface area (Å²) < 4.78 is 3.41. The minimum Gasteiger partial charge on any atom is -0.287 e. The fourth-order valence-electron chi connectivity index (χ4n) is 2.82. The van der Waals surface area contributed by atoms with Gasteiger partial charge in [0, 0.05) is 24.7 Å². The van der Waals surface area contributed by atoms with Gasteiger partial charge in [0.1, 0.15) is 0 Å². The zero-order chi connectivity index (χ0) is 17.9. The van der Waals surface area contributed by atoms with Crippen LogP contribution in [0.5, 0.6) is 0 Å². The summed E-state index contributed by atoms with van der Waals surface area (Å²) in [4.78, 5) is 16.5. The van der Waals surface area contributed by atoms with Gasteiger partial charge in [0.2, 0.25) is 5.43 Å². The summed E-state index contributed by atoms with van der Waals surface area (Å²) in [5, 5.41) is 8.91. The van der Waals surface area contributed by atoms with E-state index in [0.29, 0.717) is 11.4 Å². The van der Waals surface area contributed by atoms with Gasteiger partial charge >= 0.3 is 0 Å². The first-order valence-electron chi connectivity index (χ1n) is 8.40. The number of pyridine rings is 1. The smallest absolute Gasteiger partial charge is 0.209 e. The second-order valence-electron chi connectivity index (χ2n) is 5.83. The molecule has 0 atom stereocenters. The highest BCUT2D eigenvalue weighted by atomic mass is 16.1. The number of rotatable bonds is 4. The van der Waals surface area contributed by atoms with E-state index in [9.17, 15) is 4.79 Å². The van der Waals surface area contributed by atoms with Gasteiger partial charge in [-0.3, -0.25) is 9.78 Å². The van der Waals surface area contributed by atoms with Gasteiger partial charge in [0.15, 0.2) is 5.69 Å². The lowest BCUT2D eigenvalue weighted by atomic mass is 10.1. The molecule has 0 saturated carbocycles. The standard InChI is InChI=1S/C20H17N5O/c1-2-15-4-3-5-17(14-15)24-13-9-19(26)20(23-24)18-8-12-22-25(18)16-6-10-21-11-7-16/h3-14H,2H2,1H3. The summed E-state index contributed by atoms with van der Waals surface area (Å²) in [6.45, 7) is 2.11. The van der Waals surface area contributed by atoms with Gasteiger partial charge in [-0.15, -0.1) is 0 Å². The molecule has 0 spiro atoms. The van der Waals surface area contributed by atoms with Gasteiger partial charge in [0.05, 0.1) is 23.3 Å². The van der Waals surface area contributed by atoms with Gasteiger partial charge in [-0.05, 0) is 42.3 Å². The monoisotopic (exact) mass is 343 g/mol. The first kappa shape index (κ1) is 16.0. The van der Waals surface area contributed by atoms with E-state index < -0.39 is 0 Å². The van der Waals surface area contributed by atoms with Crippen LogP contribution in [0.2, 0.25) is 0 Å². The topological polar surface area (TPSA) is 65.6 Å². The summed E-state index contributed by atoms with van der Waals surface area (Å²) in [6.07, 6.45) is 7.66. The zero-order valence-electron chi connectivity index (χ0n) is 14.3. The SMILES string of the molecule is CCc1cccc(-n2ccc(=O)c(-c3ccnn3-c3ccncc3)n2)c1. The molecule has 4 aromatic rings. The molecule has 0 saturated heterocycles. The molecule has 128 valence electrons. The Hall–Kier alpha value is -3.54. The van der Waals surface area contributed by atoms with Crippen molar-refractivity contribution in [3.05, 3.63) is 89.1 Å². The first-order chi connectivity index (χ1) is 12.8. The number of benzene rings is 1. The Labute approximate surface area is 150 Å². The van der Waals surface area contributed by atoms with E-state index >= 15 is 0 Å². The molecule has 1 aromatic carbocycles. The number of hydrogen-bond acceptors (Lipinski definition) is 4. The van der Waals surface area contributed by atoms with Crippen LogP contribution in [0.15, 0.2) is 78.1 Å². The molecular weight excluding hydrogens is 326 g/mol. The molecule has 0 amide bonds. The van der Waals surface area contributed by atoms with E-state index in [0.717, 1.165) is 17.8 Å². The number of aromatic nitrogens is 5. The molecule has 6 nitrogen and oxygen atoms in total. The summed E-state index contributed by atoms with van der Waals surface area (Å²) in [5.74, 6) is 0. The molecule has 0 bridgehead atoms. The third-order valence-electron chi connectivity index (χ3n) is 4.18. The minimum atomic E-state index is -0.149. The van der Waals surface area contributed by atoms with E-state index in [-0.39, 0.29) is 5.43 Å². The summed E-state index contributed by atoms with van der Waals surface area (Å²) >= 11 is 0. The van der Waals surface area contributed by atoms with Crippen molar-refractivity contribution in [3.8, 4) is 22.8 Å². The van der Waals surface area contributed by atoms with Crippen molar-refractivity contribution < 1.29 is 0 Å². The second-order valence-corrected chi connectivity index (χ2v) is 5.83. The van der Waals surface area contributed by atoms with E-state index in [2.05, 4.69) is 34.2 Å². The Balaban J connectivity index is 1.84. The molecule has 0 radical (unpaired) electrons. The first-order valence-corrected chi connectivity index (χ1v) is 8.40. The predicted molar refractivity (Wildman–Crippen MR) is 99.6 cm³/mol. The van der Waals surface area contributed by atoms with E-state index in [4.69, 9.17) is 0 Å². The Bertz CT molecular complexity index is 1100. The minimum absolute atomic E-state index is 0.149. The molecular formula is C20H17N5O. The maximum absolute atomic E-state index is 12.5. The van der Waals surface area contributed by atoms with Crippen LogP contribution in [-0.2, 0) is 6.42 Å². The van der Waals surface area contributed by atoms with Gasteiger partial charge in [-0.25, -0.2) is 9.36 Å². The number of aryl methyl sites for hydroxylation is 1. The Morgan fingerprint density at radius 3 is 2.62 bits per heavy atom. The maximum Gasteiger partial charge on any atom is 0.209 e. The van der Waals surface area contributed by atoms with E-state index in [1.807, 2.05) is 24.3 Å². The van der Waals surface area contributed by atoms with Gasteiger partial charge in [0.25, 0.3) is 0 Å². The third-order valence-corrected chi connectivity index (χ3v) is 4.18. The van der Waals surface area contributed by atoms with E-state index in [1.165, 1.54) is 11.6 Å². The Morgan fingerprint density at radius 2 is 1.81 bits per heavy atom. The molecule has 0 unspecified atom stereocenters. The number of hydrogen-bond donors (Lipinski definition) is 0. The van der Waals surface area contributed by atoms with Crippen molar-refractivity contribution >= 4 is 0 Å². The summed E-state index contributed by atoms with van der Waals surface area (Å²) in [6, 6.07) is 15.1. The third kappa shape index (κ3) is 2.93. The molecule has 0 fully saturated rings. The van der Waals surface area contributed by atoms with Crippen molar-refractivity contribution in [1.29, 1.82) is 0 Å². The fraction of sp³-hybridized carbons (Fsp3) is 0.100. The van der Waals surface area contributed by atoms with Crippen LogP contribution >= 0.6 is 0 Å². The molecule has 4 rings (SSSR count). The van der Waals surface area contributed by atoms with Crippen molar-refractivity contribution in [2.75, 3.05) is 0 Å². The highest BCUT2D eigenvalue weighted by Gasteiger charge is 2.13. The second kappa shape index (κ2) is 6.76. The van der Waals surface area contributed by atoms with Crippen LogP contribution in [0.25, 0.3) is 22.8 Å². The lowest BCUT2D eigenvalue weighted by Crippen LogP contribution is -2.14. The Kier molecular flexibility index (Phi) is 4.15. The molecule has 3 heterocycles. The van der Waals surface area contributed by atoms with Crippen LogP contribution < -0.4 is 5.43 Å². The highest BCUT2D eigenvalue weighted by Crippen LogP contribution is 2.18. The lowest BCUT2D eigenvalue weighted by molar-refractivity contribution is 0.821. The fourth-order valence-corrected chi connectivity index (χ4v) is 2.82. The van der Waals surface area contributed by atoms with Crippen LogP contribution in [-0.4, -0.2) is 24.5 Å². The average molecular weight is 343 g/mol. The van der Waals surface area contributed by atoms with Crippen molar-refractivity contribution in [2.45, 2.75) is 13.3 Å². The van der Waals surface area contributed by atoms with Crippen LogP contribution in [0.1, 0.15) is 12.5 Å². The molecule has 26 heavy (non-hydrogen) atoms. The zero-order valence-corrected chi connectivity index (χ0v) is 14.3. The van der Waals surface area contributed by atoms with E-state index in [1.54, 1.807) is 40.2 Å². The predicted octanol–water partition coefficient (Wildman–Crippen LogP) is 3.04. The molecule has 0 aliphatic carbocycles. The molecule has 0 N–H and O–H groups in total. The lowest BCUT2D eigenvalue weighted by Gasteiger charge is -2.10. The molecule has 0 aliphatic rings. The van der Waals surface area contributed by atoms with Crippen LogP contribution in [0.3, 0.4) is 0 Å². The summed E-state index contributed by atoms with van der Waals surface area (Å²) in [7, 11) is 0. The van der Waals surface area contributed by atoms with Gasteiger partial charge in [-0.2, -0.15) is 10.2 Å². The van der Waals surface area contributed by atoms with Crippen LogP contribution in [0, 0.1) is 0 Å².